The van der Waals surface area contributed by atoms with Crippen molar-refractivity contribution in [1.29, 1.82) is 0 Å². The lowest BCUT2D eigenvalue weighted by Crippen LogP contribution is -2.41. The van der Waals surface area contributed by atoms with Crippen molar-refractivity contribution in [1.82, 2.24) is 15.1 Å². The van der Waals surface area contributed by atoms with Crippen molar-refractivity contribution < 1.29 is 13.6 Å². The molecule has 0 saturated carbocycles. The molecule has 17 heavy (non-hydrogen) atoms. The largest absolute Gasteiger partial charge is 0.345 e. The van der Waals surface area contributed by atoms with Gasteiger partial charge in [-0.25, -0.2) is 8.78 Å². The smallest absolute Gasteiger partial charge is 0.277 e. The summed E-state index contributed by atoms with van der Waals surface area (Å²) in [4.78, 5) is 11.6. The first kappa shape index (κ1) is 13.6. The molecule has 0 bridgehead atoms. The molecule has 3 N–H and O–H groups in total. The van der Waals surface area contributed by atoms with Crippen LogP contribution in [0.3, 0.4) is 0 Å². The molecule has 7 heteroatoms. The summed E-state index contributed by atoms with van der Waals surface area (Å²) in [5, 5.41) is 6.20. The van der Waals surface area contributed by atoms with Gasteiger partial charge in [-0.05, 0) is 12.5 Å². The van der Waals surface area contributed by atoms with Gasteiger partial charge in [0.2, 0.25) is 0 Å². The molecule has 1 aromatic rings. The molecule has 0 atom stereocenters. The highest BCUT2D eigenvalue weighted by Gasteiger charge is 2.27. The maximum atomic E-state index is 12.8. The minimum absolute atomic E-state index is 0.259. The molecule has 0 fully saturated rings. The molecule has 0 spiro atoms. The van der Waals surface area contributed by atoms with Crippen LogP contribution in [-0.4, -0.2) is 34.7 Å². The molecule has 0 aliphatic rings. The lowest BCUT2D eigenvalue weighted by Gasteiger charge is -2.14. The van der Waals surface area contributed by atoms with Crippen molar-refractivity contribution in [3.8, 4) is 0 Å². The molecule has 1 heterocycles. The van der Waals surface area contributed by atoms with E-state index in [1.165, 1.54) is 4.68 Å². The number of hydrogen-bond acceptors (Lipinski definition) is 3. The first-order chi connectivity index (χ1) is 7.89. The minimum atomic E-state index is -3.08. The van der Waals surface area contributed by atoms with Crippen molar-refractivity contribution in [3.05, 3.63) is 17.5 Å². The van der Waals surface area contributed by atoms with E-state index in [-0.39, 0.29) is 5.69 Å². The number of aromatic nitrogens is 2. The van der Waals surface area contributed by atoms with E-state index < -0.39 is 24.9 Å². The number of carbonyl (C=O) groups excluding carboxylic acids is 1. The molecule has 0 radical (unpaired) electrons. The number of amides is 1. The van der Waals surface area contributed by atoms with Gasteiger partial charge in [0, 0.05) is 7.05 Å². The fourth-order valence-electron chi connectivity index (χ4n) is 1.28. The molecule has 0 aliphatic heterocycles. The molecule has 1 aromatic heterocycles. The Balaban J connectivity index is 2.67. The molecule has 5 nitrogen and oxygen atoms in total. The standard InChI is InChI=1S/C10H16F2N4O/c1-3-7-4-8(16(2)15-7)9(17)14-6-10(11,12)5-13/h4H,3,5-6,13H2,1-2H3,(H,14,17). The van der Waals surface area contributed by atoms with Gasteiger partial charge in [-0.1, -0.05) is 6.92 Å². The minimum Gasteiger partial charge on any atom is -0.345 e. The zero-order valence-electron chi connectivity index (χ0n) is 9.83. The van der Waals surface area contributed by atoms with Crippen molar-refractivity contribution in [2.45, 2.75) is 19.3 Å². The van der Waals surface area contributed by atoms with Crippen LogP contribution in [0.4, 0.5) is 8.78 Å². The van der Waals surface area contributed by atoms with Crippen LogP contribution in [0.15, 0.2) is 6.07 Å². The van der Waals surface area contributed by atoms with Crippen LogP contribution in [0.1, 0.15) is 23.1 Å². The van der Waals surface area contributed by atoms with Gasteiger partial charge in [0.1, 0.15) is 5.69 Å². The molecular weight excluding hydrogens is 230 g/mol. The quantitative estimate of drug-likeness (QED) is 0.785. The number of alkyl halides is 2. The van der Waals surface area contributed by atoms with E-state index >= 15 is 0 Å². The van der Waals surface area contributed by atoms with Gasteiger partial charge in [-0.2, -0.15) is 5.10 Å². The van der Waals surface area contributed by atoms with Gasteiger partial charge in [0.25, 0.3) is 11.8 Å². The third-order valence-electron chi connectivity index (χ3n) is 2.33. The van der Waals surface area contributed by atoms with E-state index in [4.69, 9.17) is 5.73 Å². The Bertz CT molecular complexity index is 403. The van der Waals surface area contributed by atoms with Gasteiger partial charge >= 0.3 is 0 Å². The van der Waals surface area contributed by atoms with Gasteiger partial charge in [0.05, 0.1) is 18.8 Å². The molecule has 96 valence electrons. The summed E-state index contributed by atoms with van der Waals surface area (Å²) in [6.07, 6.45) is 0.681. The third-order valence-corrected chi connectivity index (χ3v) is 2.33. The summed E-state index contributed by atoms with van der Waals surface area (Å²) in [6.45, 7) is 0.334. The molecule has 0 aliphatic carbocycles. The van der Waals surface area contributed by atoms with E-state index in [1.807, 2.05) is 6.92 Å². The van der Waals surface area contributed by atoms with Crippen LogP contribution in [0.2, 0.25) is 0 Å². The molecular formula is C10H16F2N4O. The number of nitrogens with zero attached hydrogens (tertiary/aromatic N) is 2. The second kappa shape index (κ2) is 5.22. The molecule has 0 saturated heterocycles. The Labute approximate surface area is 98.0 Å². The summed E-state index contributed by atoms with van der Waals surface area (Å²) in [5.74, 6) is -3.66. The Morgan fingerprint density at radius 1 is 1.65 bits per heavy atom. The molecule has 0 unspecified atom stereocenters. The molecule has 1 amide bonds. The highest BCUT2D eigenvalue weighted by Crippen LogP contribution is 2.10. The Hall–Kier alpha value is -1.50. The second-order valence-electron chi connectivity index (χ2n) is 3.74. The van der Waals surface area contributed by atoms with E-state index in [9.17, 15) is 13.6 Å². The number of carbonyl (C=O) groups is 1. The lowest BCUT2D eigenvalue weighted by atomic mass is 10.3. The zero-order valence-corrected chi connectivity index (χ0v) is 9.83. The van der Waals surface area contributed by atoms with Crippen LogP contribution in [0.25, 0.3) is 0 Å². The van der Waals surface area contributed by atoms with Crippen molar-refractivity contribution in [2.75, 3.05) is 13.1 Å². The van der Waals surface area contributed by atoms with Gasteiger partial charge in [-0.3, -0.25) is 9.48 Å². The highest BCUT2D eigenvalue weighted by molar-refractivity contribution is 5.92. The Kier molecular flexibility index (Phi) is 4.17. The Morgan fingerprint density at radius 3 is 2.76 bits per heavy atom. The number of aryl methyl sites for hydroxylation is 2. The second-order valence-corrected chi connectivity index (χ2v) is 3.74. The van der Waals surface area contributed by atoms with Gasteiger partial charge in [-0.15, -0.1) is 0 Å². The van der Waals surface area contributed by atoms with Crippen LogP contribution < -0.4 is 11.1 Å². The first-order valence-corrected chi connectivity index (χ1v) is 5.28. The SMILES string of the molecule is CCc1cc(C(=O)NCC(F)(F)CN)n(C)n1. The summed E-state index contributed by atoms with van der Waals surface area (Å²) in [7, 11) is 1.59. The predicted octanol–water partition coefficient (Wildman–Crippen LogP) is 0.306. The van der Waals surface area contributed by atoms with E-state index in [2.05, 4.69) is 10.4 Å². The number of halogens is 2. The maximum Gasteiger partial charge on any atom is 0.277 e. The number of nitrogens with two attached hydrogens (primary N) is 1. The fourth-order valence-corrected chi connectivity index (χ4v) is 1.28. The van der Waals surface area contributed by atoms with Crippen molar-refractivity contribution >= 4 is 5.91 Å². The van der Waals surface area contributed by atoms with E-state index in [1.54, 1.807) is 13.1 Å². The average Bonchev–Trinajstić information content (AvgIpc) is 2.68. The average molecular weight is 246 g/mol. The monoisotopic (exact) mass is 246 g/mol. The first-order valence-electron chi connectivity index (χ1n) is 5.28. The van der Waals surface area contributed by atoms with Crippen molar-refractivity contribution in [3.63, 3.8) is 0 Å². The van der Waals surface area contributed by atoms with Crippen LogP contribution in [0.5, 0.6) is 0 Å². The number of rotatable bonds is 5. The summed E-state index contributed by atoms with van der Waals surface area (Å²) >= 11 is 0. The van der Waals surface area contributed by atoms with E-state index in [0.717, 1.165) is 5.69 Å². The topological polar surface area (TPSA) is 72.9 Å². The third kappa shape index (κ3) is 3.48. The summed E-state index contributed by atoms with van der Waals surface area (Å²) in [6, 6.07) is 1.58. The summed E-state index contributed by atoms with van der Waals surface area (Å²) in [5.41, 5.74) is 5.87. The zero-order chi connectivity index (χ0) is 13.1. The van der Waals surface area contributed by atoms with Crippen molar-refractivity contribution in [2.24, 2.45) is 12.8 Å². The van der Waals surface area contributed by atoms with Gasteiger partial charge < -0.3 is 11.1 Å². The number of hydrogen-bond donors (Lipinski definition) is 2. The lowest BCUT2D eigenvalue weighted by molar-refractivity contribution is 0.0117. The van der Waals surface area contributed by atoms with Gasteiger partial charge in [0.15, 0.2) is 0 Å². The predicted molar refractivity (Wildman–Crippen MR) is 58.9 cm³/mol. The Morgan fingerprint density at radius 2 is 2.29 bits per heavy atom. The molecule has 0 aromatic carbocycles. The maximum absolute atomic E-state index is 12.8. The molecule has 1 rings (SSSR count). The van der Waals surface area contributed by atoms with Crippen LogP contribution in [-0.2, 0) is 13.5 Å². The number of nitrogens with one attached hydrogen (secondary N) is 1. The van der Waals surface area contributed by atoms with E-state index in [0.29, 0.717) is 6.42 Å². The summed E-state index contributed by atoms with van der Waals surface area (Å²) < 4.78 is 27.0. The van der Waals surface area contributed by atoms with Crippen LogP contribution in [0, 0.1) is 0 Å². The van der Waals surface area contributed by atoms with Crippen LogP contribution >= 0.6 is 0 Å². The highest BCUT2D eigenvalue weighted by atomic mass is 19.3. The normalized spacial score (nSPS) is 11.6. The fraction of sp³-hybridized carbons (Fsp3) is 0.600.